The molecule has 0 saturated carbocycles. The van der Waals surface area contributed by atoms with Crippen LogP contribution in [0, 0.1) is 0 Å². The van der Waals surface area contributed by atoms with E-state index in [1.807, 2.05) is 20.8 Å². The second kappa shape index (κ2) is 9.51. The number of ether oxygens (including phenoxy) is 2. The zero-order valence-corrected chi connectivity index (χ0v) is 16.0. The molecule has 136 valence electrons. The number of carbonyl (C=O) groups excluding carboxylic acids is 1. The van der Waals surface area contributed by atoms with Crippen LogP contribution in [0.25, 0.3) is 0 Å². The van der Waals surface area contributed by atoms with E-state index in [0.717, 1.165) is 39.0 Å². The zero-order chi connectivity index (χ0) is 17.3. The smallest absolute Gasteiger partial charge is 0.410 e. The number of piperidine rings is 1. The molecule has 1 amide bonds. The number of hydrogen-bond acceptors (Lipinski definition) is 3. The number of amides is 1. The van der Waals surface area contributed by atoms with Gasteiger partial charge in [0.25, 0.3) is 0 Å². The summed E-state index contributed by atoms with van der Waals surface area (Å²) >= 11 is 0. The van der Waals surface area contributed by atoms with Gasteiger partial charge in [0.2, 0.25) is 0 Å². The Hall–Kier alpha value is -0.770. The summed E-state index contributed by atoms with van der Waals surface area (Å²) in [6.07, 6.45) is 9.30. The largest absolute Gasteiger partial charge is 0.444 e. The zero-order valence-electron chi connectivity index (χ0n) is 16.0. The first-order valence-electron chi connectivity index (χ1n) is 9.38. The monoisotopic (exact) mass is 327 g/mol. The molecule has 1 heterocycles. The number of hydrogen-bond donors (Lipinski definition) is 0. The number of carbonyl (C=O) groups is 1. The van der Waals surface area contributed by atoms with Gasteiger partial charge in [0.05, 0.1) is 5.60 Å². The molecule has 0 aromatic heterocycles. The predicted octanol–water partition coefficient (Wildman–Crippen LogP) is 5.15. The van der Waals surface area contributed by atoms with Crippen molar-refractivity contribution in [1.29, 1.82) is 0 Å². The van der Waals surface area contributed by atoms with Crippen LogP contribution in [-0.2, 0) is 9.47 Å². The molecule has 0 aliphatic carbocycles. The first-order valence-corrected chi connectivity index (χ1v) is 9.38. The molecule has 23 heavy (non-hydrogen) atoms. The summed E-state index contributed by atoms with van der Waals surface area (Å²) < 4.78 is 11.6. The molecule has 0 aromatic rings. The summed E-state index contributed by atoms with van der Waals surface area (Å²) in [5.41, 5.74) is -0.506. The van der Waals surface area contributed by atoms with E-state index in [1.54, 1.807) is 4.90 Å². The molecule has 0 radical (unpaired) electrons. The highest BCUT2D eigenvalue weighted by molar-refractivity contribution is 5.68. The topological polar surface area (TPSA) is 38.8 Å². The molecule has 1 rings (SSSR count). The molecular weight excluding hydrogens is 290 g/mol. The Morgan fingerprint density at radius 3 is 2.17 bits per heavy atom. The molecule has 1 fully saturated rings. The third-order valence-electron chi connectivity index (χ3n) is 4.42. The number of rotatable bonds is 8. The summed E-state index contributed by atoms with van der Waals surface area (Å²) in [6, 6.07) is 0. The van der Waals surface area contributed by atoms with Crippen molar-refractivity contribution in [3.8, 4) is 0 Å². The first kappa shape index (κ1) is 20.3. The molecule has 1 saturated heterocycles. The van der Waals surface area contributed by atoms with E-state index in [-0.39, 0.29) is 11.7 Å². The highest BCUT2D eigenvalue weighted by Gasteiger charge is 2.34. The van der Waals surface area contributed by atoms with Gasteiger partial charge in [-0.2, -0.15) is 0 Å². The SMILES string of the molecule is CCCCCCCCOC1(C)CCN(C(=O)OC(C)(C)C)CC1. The summed E-state index contributed by atoms with van der Waals surface area (Å²) in [5, 5.41) is 0. The quantitative estimate of drug-likeness (QED) is 0.578. The molecule has 0 N–H and O–H groups in total. The van der Waals surface area contributed by atoms with Crippen molar-refractivity contribution in [3.63, 3.8) is 0 Å². The lowest BCUT2D eigenvalue weighted by molar-refractivity contribution is -0.0734. The van der Waals surface area contributed by atoms with Crippen LogP contribution in [0.1, 0.15) is 86.0 Å². The molecule has 1 aliphatic heterocycles. The van der Waals surface area contributed by atoms with Gasteiger partial charge in [-0.15, -0.1) is 0 Å². The lowest BCUT2D eigenvalue weighted by Crippen LogP contribution is -2.48. The number of unbranched alkanes of at least 4 members (excludes halogenated alkanes) is 5. The van der Waals surface area contributed by atoms with Gasteiger partial charge in [0.15, 0.2) is 0 Å². The molecule has 0 unspecified atom stereocenters. The van der Waals surface area contributed by atoms with E-state index >= 15 is 0 Å². The Balaban J connectivity index is 2.19. The second-order valence-corrected chi connectivity index (χ2v) is 8.03. The van der Waals surface area contributed by atoms with E-state index in [0.29, 0.717) is 0 Å². The second-order valence-electron chi connectivity index (χ2n) is 8.03. The van der Waals surface area contributed by atoms with Gasteiger partial charge in [0, 0.05) is 19.7 Å². The average Bonchev–Trinajstić information content (AvgIpc) is 2.45. The fourth-order valence-electron chi connectivity index (χ4n) is 2.83. The van der Waals surface area contributed by atoms with Crippen molar-refractivity contribution in [2.45, 2.75) is 97.2 Å². The highest BCUT2D eigenvalue weighted by atomic mass is 16.6. The maximum Gasteiger partial charge on any atom is 0.410 e. The van der Waals surface area contributed by atoms with Crippen molar-refractivity contribution in [2.75, 3.05) is 19.7 Å². The number of likely N-dealkylation sites (tertiary alicyclic amines) is 1. The van der Waals surface area contributed by atoms with Crippen LogP contribution in [0.5, 0.6) is 0 Å². The maximum atomic E-state index is 12.1. The van der Waals surface area contributed by atoms with Crippen molar-refractivity contribution in [3.05, 3.63) is 0 Å². The van der Waals surface area contributed by atoms with Crippen LogP contribution in [0.2, 0.25) is 0 Å². The van der Waals surface area contributed by atoms with E-state index in [4.69, 9.17) is 9.47 Å². The minimum atomic E-state index is -0.424. The first-order chi connectivity index (χ1) is 10.8. The Kier molecular flexibility index (Phi) is 8.38. The van der Waals surface area contributed by atoms with Gasteiger partial charge in [-0.1, -0.05) is 39.0 Å². The molecule has 1 aliphatic rings. The highest BCUT2D eigenvalue weighted by Crippen LogP contribution is 2.27. The lowest BCUT2D eigenvalue weighted by atomic mass is 9.93. The molecule has 4 nitrogen and oxygen atoms in total. The minimum absolute atomic E-state index is 0.0814. The Bertz CT molecular complexity index is 341. The van der Waals surface area contributed by atoms with E-state index in [1.165, 1.54) is 32.1 Å². The molecule has 0 bridgehead atoms. The van der Waals surface area contributed by atoms with Crippen molar-refractivity contribution in [2.24, 2.45) is 0 Å². The van der Waals surface area contributed by atoms with Gasteiger partial charge < -0.3 is 14.4 Å². The summed E-state index contributed by atoms with van der Waals surface area (Å²) in [7, 11) is 0. The van der Waals surface area contributed by atoms with Crippen molar-refractivity contribution < 1.29 is 14.3 Å². The van der Waals surface area contributed by atoms with Gasteiger partial charge in [0.1, 0.15) is 5.60 Å². The molecule has 0 spiro atoms. The van der Waals surface area contributed by atoms with Gasteiger partial charge in [-0.05, 0) is 47.0 Å². The van der Waals surface area contributed by atoms with Crippen LogP contribution >= 0.6 is 0 Å². The molecule has 0 atom stereocenters. The Morgan fingerprint density at radius 1 is 1.04 bits per heavy atom. The molecular formula is C19H37NO3. The van der Waals surface area contributed by atoms with Crippen LogP contribution < -0.4 is 0 Å². The van der Waals surface area contributed by atoms with Crippen molar-refractivity contribution in [1.82, 2.24) is 4.90 Å². The van der Waals surface area contributed by atoms with E-state index in [9.17, 15) is 4.79 Å². The standard InChI is InChI=1S/C19H37NO3/c1-6-7-8-9-10-11-16-22-19(5)12-14-20(15-13-19)17(21)23-18(2,3)4/h6-16H2,1-5H3. The van der Waals surface area contributed by atoms with E-state index < -0.39 is 5.60 Å². The van der Waals surface area contributed by atoms with Gasteiger partial charge in [-0.3, -0.25) is 0 Å². The predicted molar refractivity (Wildman–Crippen MR) is 94.8 cm³/mol. The third kappa shape index (κ3) is 8.59. The summed E-state index contributed by atoms with van der Waals surface area (Å²) in [6.45, 7) is 12.4. The summed E-state index contributed by atoms with van der Waals surface area (Å²) in [5.74, 6) is 0. The molecule has 4 heteroatoms. The van der Waals surface area contributed by atoms with Crippen LogP contribution in [0.15, 0.2) is 0 Å². The van der Waals surface area contributed by atoms with Crippen molar-refractivity contribution >= 4 is 6.09 Å². The number of nitrogens with zero attached hydrogens (tertiary/aromatic N) is 1. The molecule has 0 aromatic carbocycles. The Morgan fingerprint density at radius 2 is 1.61 bits per heavy atom. The van der Waals surface area contributed by atoms with Crippen LogP contribution in [0.3, 0.4) is 0 Å². The Labute approximate surface area is 142 Å². The fourth-order valence-corrected chi connectivity index (χ4v) is 2.83. The lowest BCUT2D eigenvalue weighted by Gasteiger charge is -2.39. The minimum Gasteiger partial charge on any atom is -0.444 e. The van der Waals surface area contributed by atoms with Crippen LogP contribution in [-0.4, -0.2) is 41.9 Å². The average molecular weight is 328 g/mol. The fraction of sp³-hybridized carbons (Fsp3) is 0.947. The van der Waals surface area contributed by atoms with E-state index in [2.05, 4.69) is 13.8 Å². The summed E-state index contributed by atoms with van der Waals surface area (Å²) in [4.78, 5) is 13.9. The van der Waals surface area contributed by atoms with Crippen LogP contribution in [0.4, 0.5) is 4.79 Å². The third-order valence-corrected chi connectivity index (χ3v) is 4.42. The van der Waals surface area contributed by atoms with Gasteiger partial charge >= 0.3 is 6.09 Å². The maximum absolute atomic E-state index is 12.1. The normalized spacial score (nSPS) is 18.0. The van der Waals surface area contributed by atoms with Gasteiger partial charge in [-0.25, -0.2) is 4.79 Å².